The van der Waals surface area contributed by atoms with E-state index in [4.69, 9.17) is 9.97 Å². The lowest BCUT2D eigenvalue weighted by Gasteiger charge is -2.25. The lowest BCUT2D eigenvalue weighted by molar-refractivity contribution is 0.806. The van der Waals surface area contributed by atoms with E-state index in [1.165, 1.54) is 0 Å². The van der Waals surface area contributed by atoms with Gasteiger partial charge in [-0.05, 0) is 25.0 Å². The molecule has 0 aliphatic rings. The highest BCUT2D eigenvalue weighted by Crippen LogP contribution is 2.26. The smallest absolute Gasteiger partial charge is 0.180 e. The number of aromatic nitrogens is 3. The van der Waals surface area contributed by atoms with Crippen molar-refractivity contribution in [3.05, 3.63) is 18.3 Å². The molecular weight excluding hydrogens is 250 g/mol. The highest BCUT2D eigenvalue weighted by atomic mass is 15.3. The molecule has 0 amide bonds. The second-order valence-electron chi connectivity index (χ2n) is 5.06. The molecule has 0 fully saturated rings. The Kier molecular flexibility index (Phi) is 4.71. The molecule has 0 aromatic carbocycles. The fraction of sp³-hybridized carbons (Fsp3) is 0.533. The van der Waals surface area contributed by atoms with Crippen LogP contribution in [0.3, 0.4) is 0 Å². The summed E-state index contributed by atoms with van der Waals surface area (Å²) in [6.07, 6.45) is 3.92. The van der Waals surface area contributed by atoms with Crippen molar-refractivity contribution < 1.29 is 0 Å². The van der Waals surface area contributed by atoms with Crippen LogP contribution in [0.1, 0.15) is 26.7 Å². The van der Waals surface area contributed by atoms with Gasteiger partial charge in [-0.1, -0.05) is 13.8 Å². The van der Waals surface area contributed by atoms with Gasteiger partial charge in [-0.15, -0.1) is 0 Å². The van der Waals surface area contributed by atoms with Crippen molar-refractivity contribution in [3.63, 3.8) is 0 Å². The van der Waals surface area contributed by atoms with E-state index >= 15 is 0 Å². The Hall–Kier alpha value is -1.91. The van der Waals surface area contributed by atoms with Gasteiger partial charge in [-0.25, -0.2) is 15.0 Å². The molecule has 0 aliphatic heterocycles. The Labute approximate surface area is 120 Å². The third-order valence-corrected chi connectivity index (χ3v) is 3.25. The maximum Gasteiger partial charge on any atom is 0.180 e. The predicted octanol–water partition coefficient (Wildman–Crippen LogP) is 2.72. The first kappa shape index (κ1) is 14.5. The van der Waals surface area contributed by atoms with Gasteiger partial charge in [0.2, 0.25) is 0 Å². The van der Waals surface area contributed by atoms with Crippen LogP contribution in [-0.4, -0.2) is 42.1 Å². The summed E-state index contributed by atoms with van der Waals surface area (Å²) < 4.78 is 0. The quantitative estimate of drug-likeness (QED) is 0.809. The molecule has 0 unspecified atom stereocenters. The van der Waals surface area contributed by atoms with Crippen LogP contribution in [0.15, 0.2) is 18.3 Å². The van der Waals surface area contributed by atoms with Crippen molar-refractivity contribution >= 4 is 22.8 Å². The zero-order valence-corrected chi connectivity index (χ0v) is 12.8. The van der Waals surface area contributed by atoms with Gasteiger partial charge in [0.25, 0.3) is 0 Å². The first-order chi connectivity index (χ1) is 9.67. The predicted molar refractivity (Wildman–Crippen MR) is 84.5 cm³/mol. The van der Waals surface area contributed by atoms with Crippen molar-refractivity contribution in [2.45, 2.75) is 26.7 Å². The zero-order valence-electron chi connectivity index (χ0n) is 12.8. The van der Waals surface area contributed by atoms with Gasteiger partial charge in [0.1, 0.15) is 5.52 Å². The summed E-state index contributed by atoms with van der Waals surface area (Å²) in [6, 6.07) is 3.86. The fourth-order valence-corrected chi connectivity index (χ4v) is 2.27. The monoisotopic (exact) mass is 273 g/mol. The average molecular weight is 273 g/mol. The second kappa shape index (κ2) is 6.50. The summed E-state index contributed by atoms with van der Waals surface area (Å²) in [5, 5.41) is 0. The number of anilines is 2. The second-order valence-corrected chi connectivity index (χ2v) is 5.06. The minimum absolute atomic E-state index is 0.708. The largest absolute Gasteiger partial charge is 0.357 e. The molecule has 0 saturated heterocycles. The number of hydrogen-bond acceptors (Lipinski definition) is 5. The van der Waals surface area contributed by atoms with Gasteiger partial charge in [0.05, 0.1) is 0 Å². The van der Waals surface area contributed by atoms with Gasteiger partial charge in [-0.3, -0.25) is 0 Å². The molecular formula is C15H23N5. The van der Waals surface area contributed by atoms with Crippen LogP contribution in [-0.2, 0) is 0 Å². The molecule has 0 aliphatic carbocycles. The summed E-state index contributed by atoms with van der Waals surface area (Å²) in [5.41, 5.74) is 1.55. The van der Waals surface area contributed by atoms with Crippen molar-refractivity contribution in [1.29, 1.82) is 0 Å². The van der Waals surface area contributed by atoms with E-state index in [0.29, 0.717) is 5.65 Å². The molecule has 2 heterocycles. The summed E-state index contributed by atoms with van der Waals surface area (Å²) in [5.74, 6) is 1.84. The van der Waals surface area contributed by atoms with E-state index < -0.39 is 0 Å². The molecule has 0 atom stereocenters. The molecule has 20 heavy (non-hydrogen) atoms. The number of pyridine rings is 1. The van der Waals surface area contributed by atoms with Crippen LogP contribution < -0.4 is 9.80 Å². The lowest BCUT2D eigenvalue weighted by atomic mass is 10.3. The summed E-state index contributed by atoms with van der Waals surface area (Å²) in [4.78, 5) is 18.1. The van der Waals surface area contributed by atoms with Gasteiger partial charge in [0, 0.05) is 33.4 Å². The minimum Gasteiger partial charge on any atom is -0.357 e. The van der Waals surface area contributed by atoms with Crippen LogP contribution in [0.4, 0.5) is 11.6 Å². The van der Waals surface area contributed by atoms with Gasteiger partial charge in [-0.2, -0.15) is 0 Å². The number of hydrogen-bond donors (Lipinski definition) is 0. The lowest BCUT2D eigenvalue weighted by Crippen LogP contribution is -2.26. The fourth-order valence-electron chi connectivity index (χ4n) is 2.27. The highest BCUT2D eigenvalue weighted by molar-refractivity contribution is 5.77. The minimum atomic E-state index is 0.708. The molecule has 2 aromatic heterocycles. The van der Waals surface area contributed by atoms with Crippen LogP contribution in [0.2, 0.25) is 0 Å². The number of fused-ring (bicyclic) bond motifs is 1. The van der Waals surface area contributed by atoms with Gasteiger partial charge in [0.15, 0.2) is 17.3 Å². The Bertz CT molecular complexity index is 519. The summed E-state index contributed by atoms with van der Waals surface area (Å²) in [6.45, 7) is 6.26. The topological polar surface area (TPSA) is 45.2 Å². The zero-order chi connectivity index (χ0) is 14.5. The number of nitrogens with zero attached hydrogens (tertiary/aromatic N) is 5. The van der Waals surface area contributed by atoms with Crippen molar-refractivity contribution in [1.82, 2.24) is 15.0 Å². The first-order valence-corrected chi connectivity index (χ1v) is 7.22. The van der Waals surface area contributed by atoms with E-state index in [-0.39, 0.29) is 0 Å². The van der Waals surface area contributed by atoms with E-state index in [9.17, 15) is 0 Å². The van der Waals surface area contributed by atoms with Crippen LogP contribution >= 0.6 is 0 Å². The van der Waals surface area contributed by atoms with Gasteiger partial charge < -0.3 is 9.80 Å². The Morgan fingerprint density at radius 3 is 2.15 bits per heavy atom. The van der Waals surface area contributed by atoms with Crippen LogP contribution in [0.5, 0.6) is 0 Å². The van der Waals surface area contributed by atoms with E-state index in [1.807, 2.05) is 12.1 Å². The maximum absolute atomic E-state index is 4.76. The molecule has 108 valence electrons. The molecule has 0 saturated carbocycles. The summed E-state index contributed by atoms with van der Waals surface area (Å²) >= 11 is 0. The third-order valence-electron chi connectivity index (χ3n) is 3.25. The Morgan fingerprint density at radius 2 is 1.55 bits per heavy atom. The molecule has 0 spiro atoms. The Morgan fingerprint density at radius 1 is 0.950 bits per heavy atom. The van der Waals surface area contributed by atoms with E-state index in [0.717, 1.165) is 43.1 Å². The molecule has 0 radical (unpaired) electrons. The van der Waals surface area contributed by atoms with Crippen molar-refractivity contribution in [2.75, 3.05) is 37.0 Å². The third kappa shape index (κ3) is 2.98. The van der Waals surface area contributed by atoms with Crippen molar-refractivity contribution in [2.24, 2.45) is 0 Å². The van der Waals surface area contributed by atoms with E-state index in [2.05, 4.69) is 42.7 Å². The first-order valence-electron chi connectivity index (χ1n) is 7.22. The van der Waals surface area contributed by atoms with E-state index in [1.54, 1.807) is 6.20 Å². The molecule has 5 heteroatoms. The molecule has 2 aromatic rings. The average Bonchev–Trinajstić information content (AvgIpc) is 2.46. The SMILES string of the molecule is CCCN(C)c1nc2cccnc2nc1N(C)CCC. The summed E-state index contributed by atoms with van der Waals surface area (Å²) in [7, 11) is 4.13. The Balaban J connectivity index is 2.52. The number of rotatable bonds is 6. The molecule has 0 bridgehead atoms. The van der Waals surface area contributed by atoms with Crippen LogP contribution in [0.25, 0.3) is 11.2 Å². The maximum atomic E-state index is 4.76. The standard InChI is InChI=1S/C15H23N5/c1-5-10-19(3)14-15(20(4)11-6-2)18-13-12(17-14)8-7-9-16-13/h7-9H,5-6,10-11H2,1-4H3. The molecule has 0 N–H and O–H groups in total. The van der Waals surface area contributed by atoms with Crippen LogP contribution in [0, 0.1) is 0 Å². The van der Waals surface area contributed by atoms with Crippen molar-refractivity contribution in [3.8, 4) is 0 Å². The molecule has 5 nitrogen and oxygen atoms in total. The van der Waals surface area contributed by atoms with Gasteiger partial charge >= 0.3 is 0 Å². The highest BCUT2D eigenvalue weighted by Gasteiger charge is 2.16. The molecule has 2 rings (SSSR count). The normalized spacial score (nSPS) is 10.8.